The molecule has 154 valence electrons. The van der Waals surface area contributed by atoms with Gasteiger partial charge in [0.1, 0.15) is 5.01 Å². The maximum Gasteiger partial charge on any atom is 0.407 e. The van der Waals surface area contributed by atoms with E-state index in [-0.39, 0.29) is 0 Å². The monoisotopic (exact) mass is 420 g/mol. The molecule has 3 rings (SSSR count). The Balaban J connectivity index is 1.91. The highest BCUT2D eigenvalue weighted by atomic mass is 32.1. The van der Waals surface area contributed by atoms with Crippen LogP contribution < -0.4 is 5.32 Å². The molecule has 30 heavy (non-hydrogen) atoms. The molecule has 0 aliphatic heterocycles. The lowest BCUT2D eigenvalue weighted by Gasteiger charge is -2.13. The second-order valence-corrected chi connectivity index (χ2v) is 7.61. The fourth-order valence-corrected chi connectivity index (χ4v) is 3.62. The van der Waals surface area contributed by atoms with Crippen LogP contribution in [0, 0.1) is 6.92 Å². The number of nitrogens with zero attached hydrogens (tertiary/aromatic N) is 3. The molecule has 3 aromatic rings. The number of thiazole rings is 1. The first-order chi connectivity index (χ1) is 14.5. The van der Waals surface area contributed by atoms with Crippen molar-refractivity contribution in [3.8, 4) is 11.1 Å². The maximum atomic E-state index is 11.6. The van der Waals surface area contributed by atoms with Gasteiger partial charge < -0.3 is 10.1 Å². The van der Waals surface area contributed by atoms with Crippen LogP contribution in [-0.2, 0) is 11.3 Å². The van der Waals surface area contributed by atoms with Crippen LogP contribution in [0.15, 0.2) is 64.1 Å². The fraction of sp³-hybridized carbons (Fsp3) is 0.217. The summed E-state index contributed by atoms with van der Waals surface area (Å²) in [5, 5.41) is 14.4. The number of carbonyl (C=O) groups excluding carboxylic acids is 1. The number of ether oxygens (including phenoxy) is 1. The van der Waals surface area contributed by atoms with Crippen molar-refractivity contribution in [2.24, 2.45) is 10.2 Å². The highest BCUT2D eigenvalue weighted by molar-refractivity contribution is 7.11. The van der Waals surface area contributed by atoms with E-state index in [2.05, 4.69) is 20.5 Å². The molecule has 0 aliphatic carbocycles. The van der Waals surface area contributed by atoms with E-state index in [4.69, 9.17) is 4.74 Å². The first kappa shape index (κ1) is 21.4. The summed E-state index contributed by atoms with van der Waals surface area (Å²) in [7, 11) is 1.35. The SMILES string of the molecule is COC(=O)NCc1cc(/C(C)=N/N=C(\C)c2nc(C)cs2)ccc1-c1ccccc1. The van der Waals surface area contributed by atoms with Gasteiger partial charge in [-0.05, 0) is 49.1 Å². The summed E-state index contributed by atoms with van der Waals surface area (Å²) in [6.07, 6.45) is -0.469. The van der Waals surface area contributed by atoms with Gasteiger partial charge in [0.15, 0.2) is 0 Å². The Labute approximate surface area is 180 Å². The van der Waals surface area contributed by atoms with Gasteiger partial charge in [-0.2, -0.15) is 10.2 Å². The zero-order valence-electron chi connectivity index (χ0n) is 17.5. The van der Waals surface area contributed by atoms with Gasteiger partial charge >= 0.3 is 6.09 Å². The fourth-order valence-electron chi connectivity index (χ4n) is 2.87. The Bertz CT molecular complexity index is 1090. The van der Waals surface area contributed by atoms with Crippen molar-refractivity contribution in [1.29, 1.82) is 0 Å². The van der Waals surface area contributed by atoms with E-state index in [1.807, 2.05) is 74.7 Å². The summed E-state index contributed by atoms with van der Waals surface area (Å²) in [5.41, 5.74) is 6.56. The number of methoxy groups -OCH3 is 1. The van der Waals surface area contributed by atoms with E-state index in [0.29, 0.717) is 6.54 Å². The lowest BCUT2D eigenvalue weighted by atomic mass is 9.96. The predicted molar refractivity (Wildman–Crippen MR) is 122 cm³/mol. The molecule has 1 N–H and O–H groups in total. The van der Waals surface area contributed by atoms with Gasteiger partial charge in [-0.1, -0.05) is 42.5 Å². The maximum absolute atomic E-state index is 11.6. The normalized spacial score (nSPS) is 12.0. The molecule has 6 nitrogen and oxygen atoms in total. The molecular weight excluding hydrogens is 396 g/mol. The van der Waals surface area contributed by atoms with Crippen LogP contribution in [0.2, 0.25) is 0 Å². The van der Waals surface area contributed by atoms with Gasteiger partial charge in [0, 0.05) is 17.6 Å². The van der Waals surface area contributed by atoms with Crippen LogP contribution in [0.1, 0.15) is 35.7 Å². The summed E-state index contributed by atoms with van der Waals surface area (Å²) < 4.78 is 4.71. The molecule has 0 radical (unpaired) electrons. The molecule has 0 fully saturated rings. The van der Waals surface area contributed by atoms with Crippen LogP contribution in [0.4, 0.5) is 4.79 Å². The zero-order chi connectivity index (χ0) is 21.5. The van der Waals surface area contributed by atoms with Crippen LogP contribution in [0.5, 0.6) is 0 Å². The average molecular weight is 421 g/mol. The summed E-state index contributed by atoms with van der Waals surface area (Å²) in [4.78, 5) is 16.0. The number of hydrogen-bond donors (Lipinski definition) is 1. The Morgan fingerprint density at radius 2 is 1.83 bits per heavy atom. The Morgan fingerprint density at radius 1 is 1.10 bits per heavy atom. The van der Waals surface area contributed by atoms with Gasteiger partial charge in [0.2, 0.25) is 0 Å². The molecule has 0 saturated heterocycles. The van der Waals surface area contributed by atoms with Crippen molar-refractivity contribution in [1.82, 2.24) is 10.3 Å². The quantitative estimate of drug-likeness (QED) is 0.439. The topological polar surface area (TPSA) is 75.9 Å². The molecule has 7 heteroatoms. The second kappa shape index (κ2) is 9.93. The summed E-state index contributed by atoms with van der Waals surface area (Å²) in [6.45, 7) is 6.12. The number of rotatable bonds is 6. The molecule has 0 aliphatic rings. The van der Waals surface area contributed by atoms with E-state index < -0.39 is 6.09 Å². The van der Waals surface area contributed by atoms with Crippen molar-refractivity contribution < 1.29 is 9.53 Å². The van der Waals surface area contributed by atoms with E-state index in [9.17, 15) is 4.79 Å². The van der Waals surface area contributed by atoms with Crippen LogP contribution in [0.3, 0.4) is 0 Å². The molecule has 0 bridgehead atoms. The van der Waals surface area contributed by atoms with Gasteiger partial charge in [-0.3, -0.25) is 0 Å². The highest BCUT2D eigenvalue weighted by Crippen LogP contribution is 2.25. The van der Waals surface area contributed by atoms with Crippen LogP contribution in [-0.4, -0.2) is 29.6 Å². The van der Waals surface area contributed by atoms with Crippen molar-refractivity contribution in [3.63, 3.8) is 0 Å². The minimum absolute atomic E-state index is 0.346. The van der Waals surface area contributed by atoms with Crippen LogP contribution in [0.25, 0.3) is 11.1 Å². The molecule has 2 aromatic carbocycles. The average Bonchev–Trinajstić information content (AvgIpc) is 3.22. The van der Waals surface area contributed by atoms with E-state index in [1.165, 1.54) is 7.11 Å². The first-order valence-electron chi connectivity index (χ1n) is 9.50. The number of hydrogen-bond acceptors (Lipinski definition) is 6. The molecular formula is C23H24N4O2S. The number of alkyl carbamates (subject to hydrolysis) is 1. The van der Waals surface area contributed by atoms with Gasteiger partial charge in [0.25, 0.3) is 0 Å². The van der Waals surface area contributed by atoms with Crippen molar-refractivity contribution in [2.45, 2.75) is 27.3 Å². The lowest BCUT2D eigenvalue weighted by Crippen LogP contribution is -2.22. The highest BCUT2D eigenvalue weighted by Gasteiger charge is 2.10. The third kappa shape index (κ3) is 5.39. The van der Waals surface area contributed by atoms with E-state index in [0.717, 1.165) is 44.4 Å². The number of carbonyl (C=O) groups is 1. The summed E-state index contributed by atoms with van der Waals surface area (Å²) in [5.74, 6) is 0. The molecule has 0 spiro atoms. The minimum atomic E-state index is -0.469. The number of nitrogens with one attached hydrogen (secondary N) is 1. The number of amides is 1. The standard InChI is InChI=1S/C23H24N4O2S/c1-15-14-30-22(25-15)17(3)27-26-16(2)19-10-11-21(18-8-6-5-7-9-18)20(12-19)13-24-23(28)29-4/h5-12,14H,13H2,1-4H3,(H,24,28)/b26-16+,27-17+. The van der Waals surface area contributed by atoms with Crippen molar-refractivity contribution >= 4 is 28.9 Å². The first-order valence-corrected chi connectivity index (χ1v) is 10.4. The van der Waals surface area contributed by atoms with Crippen LogP contribution >= 0.6 is 11.3 Å². The molecule has 1 aromatic heterocycles. The Hall–Kier alpha value is -3.32. The van der Waals surface area contributed by atoms with E-state index >= 15 is 0 Å². The third-order valence-corrected chi connectivity index (χ3v) is 5.56. The third-order valence-electron chi connectivity index (χ3n) is 4.49. The molecule has 0 unspecified atom stereocenters. The smallest absolute Gasteiger partial charge is 0.407 e. The lowest BCUT2D eigenvalue weighted by molar-refractivity contribution is 0.170. The summed E-state index contributed by atoms with van der Waals surface area (Å²) >= 11 is 1.56. The predicted octanol–water partition coefficient (Wildman–Crippen LogP) is 5.21. The molecule has 1 heterocycles. The van der Waals surface area contributed by atoms with Gasteiger partial charge in [-0.25, -0.2) is 9.78 Å². The van der Waals surface area contributed by atoms with Gasteiger partial charge in [0.05, 0.1) is 18.5 Å². The van der Waals surface area contributed by atoms with Gasteiger partial charge in [-0.15, -0.1) is 11.3 Å². The summed E-state index contributed by atoms with van der Waals surface area (Å²) in [6, 6.07) is 16.1. The molecule has 1 amide bonds. The van der Waals surface area contributed by atoms with E-state index in [1.54, 1.807) is 11.3 Å². The number of benzene rings is 2. The molecule has 0 saturated carbocycles. The number of aryl methyl sites for hydroxylation is 1. The van der Waals surface area contributed by atoms with Crippen molar-refractivity contribution in [2.75, 3.05) is 7.11 Å². The second-order valence-electron chi connectivity index (χ2n) is 6.75. The largest absolute Gasteiger partial charge is 0.453 e. The minimum Gasteiger partial charge on any atom is -0.453 e. The Morgan fingerprint density at radius 3 is 2.50 bits per heavy atom. The Kier molecular flexibility index (Phi) is 7.08. The number of aromatic nitrogens is 1. The van der Waals surface area contributed by atoms with Crippen molar-refractivity contribution in [3.05, 3.63) is 75.7 Å². The zero-order valence-corrected chi connectivity index (χ0v) is 18.3. The molecule has 0 atom stereocenters.